The molecule has 0 unspecified atom stereocenters. The standard InChI is InChI=1S/C26H29N5O4S.C26H23N5O2S.C22H19N3O5.C21H18N4O2/c1-35-24-11-17(10-18(14-32)21(24)15-33)25(34)28-22-5-3-2-4-20(22)23-13-31-19(16-36-26(31)29-23)12-30-8-6-27-7-9-30;32-21-11-12-30(15-21)14-20-16-34-26-28-24(29-31(20)26)22-7-3-4-8-23(22)27-25(33)19-10-9-17-5-1-2-6-18(17)13-19;1-27-17-11-13(12-18(28-2)19(17)29-3)21(26)24-15-8-5-4-7-14(15)22-25-20-16(30-22)9-6-10-23-20;1-25(2)15-8-5-7-14(13-15)20(26)23-17-10-4-3-9-16(17)21-24-19-18(27-21)11-6-12-22-19/h2-5,10-11,13,16,27,32-33H,6-9,12,14-15H2,1H3,(H,28,34);1-10,13,16,21,32H,11-12,14-15H2,(H,27,33);4-12H,1-3H3,(H,24,26);3-13H,1-2H3,(H,23,26)/t;21-;;/m.1../s1. The molecule has 2 saturated heterocycles. The number of hydrogen-bond acceptors (Lipinski definition) is 26. The van der Waals surface area contributed by atoms with Crippen molar-refractivity contribution >= 4 is 118 Å². The van der Waals surface area contributed by atoms with Crippen molar-refractivity contribution in [2.75, 3.05) is 108 Å². The maximum atomic E-state index is 13.2. The van der Waals surface area contributed by atoms with E-state index in [0.29, 0.717) is 137 Å². The predicted octanol–water partition coefficient (Wildman–Crippen LogP) is 15.5. The second-order valence-electron chi connectivity index (χ2n) is 29.8. The van der Waals surface area contributed by atoms with E-state index in [1.165, 1.54) is 34.1 Å². The van der Waals surface area contributed by atoms with Crippen LogP contribution in [0.1, 0.15) is 70.4 Å². The van der Waals surface area contributed by atoms with Crippen LogP contribution in [-0.4, -0.2) is 181 Å². The number of rotatable bonds is 23. The van der Waals surface area contributed by atoms with Crippen molar-refractivity contribution in [1.29, 1.82) is 0 Å². The lowest BCUT2D eigenvalue weighted by Gasteiger charge is -2.26. The van der Waals surface area contributed by atoms with Gasteiger partial charge in [-0.05, 0) is 144 Å². The number of thiazole rings is 2. The van der Waals surface area contributed by atoms with E-state index in [0.717, 1.165) is 101 Å². The number of oxazole rings is 2. The fourth-order valence-corrected chi connectivity index (χ4v) is 16.5. The lowest BCUT2D eigenvalue weighted by molar-refractivity contribution is 0.101. The van der Waals surface area contributed by atoms with Crippen molar-refractivity contribution in [1.82, 2.24) is 59.0 Å². The highest BCUT2D eigenvalue weighted by atomic mass is 32.1. The molecule has 0 aliphatic carbocycles. The first kappa shape index (κ1) is 85.9. The number of fused-ring (bicyclic) bond motifs is 5. The number of pyridine rings is 2. The summed E-state index contributed by atoms with van der Waals surface area (Å²) in [4.78, 5) is 87.1. The lowest BCUT2D eigenvalue weighted by Crippen LogP contribution is -2.43. The number of benzene rings is 9. The van der Waals surface area contributed by atoms with Gasteiger partial charge in [-0.3, -0.25) is 33.4 Å². The number of carbonyl (C=O) groups excluding carboxylic acids is 4. The van der Waals surface area contributed by atoms with E-state index in [9.17, 15) is 34.5 Å². The van der Waals surface area contributed by atoms with Crippen molar-refractivity contribution in [3.05, 3.63) is 286 Å². The number of nitrogens with zero attached hydrogens (tertiary/aromatic N) is 12. The predicted molar refractivity (Wildman–Crippen MR) is 491 cm³/mol. The number of aliphatic hydroxyl groups excluding tert-OH is 3. The lowest BCUT2D eigenvalue weighted by atomic mass is 10.0. The first-order valence-corrected chi connectivity index (χ1v) is 42.4. The zero-order valence-corrected chi connectivity index (χ0v) is 71.7. The molecule has 2 fully saturated rings. The summed E-state index contributed by atoms with van der Waals surface area (Å²) in [7, 11) is 9.84. The van der Waals surface area contributed by atoms with Crippen LogP contribution >= 0.6 is 22.7 Å². The molecular weight excluding hydrogens is 1650 g/mol. The molecule has 4 amide bonds. The topological polar surface area (TPSA) is 361 Å². The first-order valence-electron chi connectivity index (χ1n) is 40.7. The van der Waals surface area contributed by atoms with Crippen LogP contribution < -0.4 is 50.4 Å². The van der Waals surface area contributed by atoms with Crippen molar-refractivity contribution < 1.29 is 62.3 Å². The van der Waals surface area contributed by atoms with Crippen LogP contribution in [0.3, 0.4) is 0 Å². The molecule has 644 valence electrons. The van der Waals surface area contributed by atoms with Gasteiger partial charge in [-0.25, -0.2) is 19.5 Å². The minimum Gasteiger partial charge on any atom is -0.496 e. The van der Waals surface area contributed by atoms with Gasteiger partial charge in [0.25, 0.3) is 23.6 Å². The smallest absolute Gasteiger partial charge is 0.255 e. The number of imidazole rings is 1. The number of nitrogens with one attached hydrogen (secondary N) is 5. The van der Waals surface area contributed by atoms with E-state index in [1.807, 2.05) is 187 Å². The van der Waals surface area contributed by atoms with Crippen molar-refractivity contribution in [3.8, 4) is 68.6 Å². The number of amides is 4. The van der Waals surface area contributed by atoms with Gasteiger partial charge in [0.15, 0.2) is 44.7 Å². The summed E-state index contributed by atoms with van der Waals surface area (Å²) in [5.74, 6) is 1.84. The molecule has 0 saturated carbocycles. The van der Waals surface area contributed by atoms with Gasteiger partial charge in [-0.1, -0.05) is 91.0 Å². The summed E-state index contributed by atoms with van der Waals surface area (Å²) in [6.45, 7) is 6.60. The monoisotopic (exact) mass is 1740 g/mol. The summed E-state index contributed by atoms with van der Waals surface area (Å²) in [5.41, 5.74) is 14.4. The van der Waals surface area contributed by atoms with E-state index in [2.05, 4.69) is 71.5 Å². The number of ether oxygens (including phenoxy) is 4. The maximum absolute atomic E-state index is 13.2. The molecular formula is C95H89N17O13S2. The molecule has 8 N–H and O–H groups in total. The van der Waals surface area contributed by atoms with E-state index in [1.54, 1.807) is 89.7 Å². The number of likely N-dealkylation sites (tertiary alicyclic amines) is 1. The van der Waals surface area contributed by atoms with Crippen molar-refractivity contribution in [3.63, 3.8) is 0 Å². The van der Waals surface area contributed by atoms with E-state index in [-0.39, 0.29) is 42.9 Å². The van der Waals surface area contributed by atoms with Crippen LogP contribution in [0.5, 0.6) is 23.0 Å². The van der Waals surface area contributed by atoms with Crippen molar-refractivity contribution in [2.24, 2.45) is 0 Å². The molecule has 127 heavy (non-hydrogen) atoms. The Bertz CT molecular complexity index is 6720. The van der Waals surface area contributed by atoms with Crippen LogP contribution in [0.25, 0.3) is 88.7 Å². The molecule has 2 aliphatic rings. The van der Waals surface area contributed by atoms with Gasteiger partial charge in [-0.15, -0.1) is 27.8 Å². The van der Waals surface area contributed by atoms with E-state index >= 15 is 0 Å². The number of anilines is 5. The Morgan fingerprint density at radius 2 is 1.03 bits per heavy atom. The first-order chi connectivity index (χ1) is 62.0. The summed E-state index contributed by atoms with van der Waals surface area (Å²) in [6, 6.07) is 64.4. The van der Waals surface area contributed by atoms with Crippen LogP contribution in [0.2, 0.25) is 0 Å². The highest BCUT2D eigenvalue weighted by molar-refractivity contribution is 7.15. The number of β-amino-alcohol motifs (C(OH)–C–C–N with tert-alkyl or cyclic N) is 1. The zero-order valence-electron chi connectivity index (χ0n) is 70.1. The second-order valence-corrected chi connectivity index (χ2v) is 31.5. The summed E-state index contributed by atoms with van der Waals surface area (Å²) in [5, 5.41) is 55.6. The third kappa shape index (κ3) is 19.7. The molecule has 0 spiro atoms. The highest BCUT2D eigenvalue weighted by Gasteiger charge is 2.27. The van der Waals surface area contributed by atoms with Gasteiger partial charge in [0.1, 0.15) is 5.75 Å². The molecule has 1 atom stereocenters. The van der Waals surface area contributed by atoms with Crippen molar-refractivity contribution in [2.45, 2.75) is 38.8 Å². The van der Waals surface area contributed by atoms with Crippen LogP contribution in [0.15, 0.2) is 251 Å². The number of carbonyl (C=O) groups is 4. The fourth-order valence-electron chi connectivity index (χ4n) is 14.8. The van der Waals surface area contributed by atoms with Gasteiger partial charge in [0, 0.05) is 146 Å². The van der Waals surface area contributed by atoms with Gasteiger partial charge in [0.2, 0.25) is 22.5 Å². The van der Waals surface area contributed by atoms with Gasteiger partial charge >= 0.3 is 0 Å². The average molecular weight is 1740 g/mol. The minimum absolute atomic E-state index is 0.174. The Balaban J connectivity index is 0.000000125. The third-order valence-electron chi connectivity index (χ3n) is 21.3. The Hall–Kier alpha value is -14.6. The number of para-hydroxylation sites is 4. The number of hydrogen-bond donors (Lipinski definition) is 8. The Kier molecular flexibility index (Phi) is 26.7. The average Bonchev–Trinajstić information content (AvgIpc) is 1.63. The van der Waals surface area contributed by atoms with Crippen LogP contribution in [0, 0.1) is 0 Å². The maximum Gasteiger partial charge on any atom is 0.255 e. The zero-order chi connectivity index (χ0) is 88.0. The molecule has 0 bridgehead atoms. The molecule has 0 radical (unpaired) electrons. The number of methoxy groups -OCH3 is 4. The molecule has 19 rings (SSSR count). The van der Waals surface area contributed by atoms with E-state index in [4.69, 9.17) is 42.8 Å². The fraction of sp³-hybridized carbons (Fsp3) is 0.189. The molecule has 32 heteroatoms. The summed E-state index contributed by atoms with van der Waals surface area (Å²) in [6.07, 6.45) is 5.89. The summed E-state index contributed by atoms with van der Waals surface area (Å²) < 4.78 is 36.9. The second kappa shape index (κ2) is 39.5. The number of aliphatic hydroxyl groups is 3. The summed E-state index contributed by atoms with van der Waals surface area (Å²) >= 11 is 3.15. The quantitative estimate of drug-likeness (QED) is 0.0295. The van der Waals surface area contributed by atoms with E-state index < -0.39 is 0 Å². The number of aromatic nitrogens is 9. The Morgan fingerprint density at radius 3 is 1.61 bits per heavy atom. The Morgan fingerprint density at radius 1 is 0.504 bits per heavy atom. The minimum atomic E-state index is -0.351. The molecule has 2 aliphatic heterocycles. The highest BCUT2D eigenvalue weighted by Crippen LogP contribution is 2.41. The molecule has 10 heterocycles. The molecule has 17 aromatic rings. The largest absolute Gasteiger partial charge is 0.496 e. The van der Waals surface area contributed by atoms with Gasteiger partial charge in [-0.2, -0.15) is 15.0 Å². The number of piperazine rings is 1. The normalized spacial score (nSPS) is 13.3. The Labute approximate surface area is 736 Å². The third-order valence-corrected chi connectivity index (χ3v) is 23.1. The van der Waals surface area contributed by atoms with Crippen LogP contribution in [-0.2, 0) is 26.3 Å². The van der Waals surface area contributed by atoms with Gasteiger partial charge in [0.05, 0.1) is 93.0 Å². The molecule has 8 aromatic heterocycles. The molecule has 9 aromatic carbocycles. The van der Waals surface area contributed by atoms with Crippen LogP contribution in [0.4, 0.5) is 28.4 Å². The molecule has 30 nitrogen and oxygen atoms in total. The SMILES string of the molecule is CN(C)c1cccc(C(=O)Nc2ccccc2-c2nc3ncccc3o2)c1.COc1cc(C(=O)Nc2ccccc2-c2cn3c(CN4CCNCC4)csc3n2)cc(CO)c1CO.COc1cc(C(=O)Nc2ccccc2-c2nc3ncccc3o2)cc(OC)c1OC.O=C(Nc1ccccc1-c1nc2scc(CN3CC[C@@H](O)C3)n2n1)c1ccc2ccccc2c1. The van der Waals surface area contributed by atoms with Gasteiger partial charge < -0.3 is 74.6 Å².